The van der Waals surface area contributed by atoms with Crippen molar-refractivity contribution in [1.82, 2.24) is 0 Å². The average molecular weight is 453 g/mol. The second-order valence-electron chi connectivity index (χ2n) is 7.29. The standard InChI is InChI=1S/C24H24N2O5S/c1-17-12-18(2)14-21(13-17)26(32(29,30)22-10-5-4-6-11-22)16-23(27)25-20-9-7-8-19(15-20)24(28)31-3/h4-15H,16H2,1-3H3,(H,25,27). The molecule has 1 amide bonds. The Morgan fingerprint density at radius 1 is 0.906 bits per heavy atom. The van der Waals surface area contributed by atoms with Crippen LogP contribution in [0, 0.1) is 13.8 Å². The molecule has 0 unspecified atom stereocenters. The van der Waals surface area contributed by atoms with E-state index in [2.05, 4.69) is 5.32 Å². The molecule has 0 spiro atoms. The third kappa shape index (κ3) is 5.33. The monoisotopic (exact) mass is 452 g/mol. The van der Waals surface area contributed by atoms with Gasteiger partial charge in [-0.3, -0.25) is 9.10 Å². The second kappa shape index (κ2) is 9.65. The molecule has 7 nitrogen and oxygen atoms in total. The molecule has 0 atom stereocenters. The van der Waals surface area contributed by atoms with Crippen LogP contribution in [0.4, 0.5) is 11.4 Å². The normalized spacial score (nSPS) is 11.0. The first-order valence-corrected chi connectivity index (χ1v) is 11.3. The zero-order valence-electron chi connectivity index (χ0n) is 18.0. The predicted molar refractivity (Wildman–Crippen MR) is 123 cm³/mol. The van der Waals surface area contributed by atoms with Crippen LogP contribution in [0.2, 0.25) is 0 Å². The Balaban J connectivity index is 1.94. The Labute approximate surface area is 187 Å². The number of benzene rings is 3. The average Bonchev–Trinajstić information content (AvgIpc) is 2.77. The van der Waals surface area contributed by atoms with Crippen molar-refractivity contribution in [3.8, 4) is 0 Å². The van der Waals surface area contributed by atoms with Crippen molar-refractivity contribution in [1.29, 1.82) is 0 Å². The van der Waals surface area contributed by atoms with E-state index in [9.17, 15) is 18.0 Å². The van der Waals surface area contributed by atoms with Crippen LogP contribution in [0.15, 0.2) is 77.7 Å². The van der Waals surface area contributed by atoms with Gasteiger partial charge in [-0.05, 0) is 67.4 Å². The molecule has 3 aromatic rings. The van der Waals surface area contributed by atoms with Crippen molar-refractivity contribution in [2.75, 3.05) is 23.3 Å². The van der Waals surface area contributed by atoms with E-state index in [1.165, 1.54) is 25.3 Å². The fourth-order valence-electron chi connectivity index (χ4n) is 3.30. The molecule has 0 aliphatic heterocycles. The number of anilines is 2. The first kappa shape index (κ1) is 23.0. The number of hydrogen-bond acceptors (Lipinski definition) is 5. The smallest absolute Gasteiger partial charge is 0.337 e. The van der Waals surface area contributed by atoms with Crippen molar-refractivity contribution < 1.29 is 22.7 Å². The molecular formula is C24H24N2O5S. The molecule has 3 rings (SSSR count). The van der Waals surface area contributed by atoms with Gasteiger partial charge in [0.1, 0.15) is 6.54 Å². The molecule has 0 saturated heterocycles. The van der Waals surface area contributed by atoms with E-state index in [1.807, 2.05) is 19.9 Å². The van der Waals surface area contributed by atoms with Crippen LogP contribution in [0.1, 0.15) is 21.5 Å². The minimum absolute atomic E-state index is 0.0830. The maximum atomic E-state index is 13.4. The maximum absolute atomic E-state index is 13.4. The summed E-state index contributed by atoms with van der Waals surface area (Å²) in [6, 6.07) is 19.6. The molecule has 166 valence electrons. The Kier molecular flexibility index (Phi) is 6.95. The number of amides is 1. The van der Waals surface area contributed by atoms with Gasteiger partial charge in [0.25, 0.3) is 10.0 Å². The first-order valence-electron chi connectivity index (χ1n) is 9.85. The fraction of sp³-hybridized carbons (Fsp3) is 0.167. The molecule has 32 heavy (non-hydrogen) atoms. The van der Waals surface area contributed by atoms with Crippen molar-refractivity contribution in [2.24, 2.45) is 0 Å². The van der Waals surface area contributed by atoms with Gasteiger partial charge in [0.15, 0.2) is 0 Å². The molecule has 1 N–H and O–H groups in total. The quantitative estimate of drug-likeness (QED) is 0.549. The molecule has 0 heterocycles. The van der Waals surface area contributed by atoms with E-state index < -0.39 is 28.4 Å². The number of hydrogen-bond donors (Lipinski definition) is 1. The molecule has 3 aromatic carbocycles. The van der Waals surface area contributed by atoms with Crippen LogP contribution in [0.25, 0.3) is 0 Å². The third-order valence-electron chi connectivity index (χ3n) is 4.68. The predicted octanol–water partition coefficient (Wildman–Crippen LogP) is 3.92. The lowest BCUT2D eigenvalue weighted by Crippen LogP contribution is -2.38. The summed E-state index contributed by atoms with van der Waals surface area (Å²) in [4.78, 5) is 24.7. The summed E-state index contributed by atoms with van der Waals surface area (Å²) in [5.41, 5.74) is 2.77. The summed E-state index contributed by atoms with van der Waals surface area (Å²) in [5.74, 6) is -1.09. The number of nitrogens with one attached hydrogen (secondary N) is 1. The largest absolute Gasteiger partial charge is 0.465 e. The molecule has 0 aliphatic carbocycles. The number of carbonyl (C=O) groups excluding carboxylic acids is 2. The minimum atomic E-state index is -4.00. The van der Waals surface area contributed by atoms with Gasteiger partial charge in [-0.1, -0.05) is 30.3 Å². The highest BCUT2D eigenvalue weighted by atomic mass is 32.2. The van der Waals surface area contributed by atoms with Gasteiger partial charge in [-0.25, -0.2) is 13.2 Å². The van der Waals surface area contributed by atoms with E-state index in [0.717, 1.165) is 15.4 Å². The van der Waals surface area contributed by atoms with Gasteiger partial charge in [0.2, 0.25) is 5.91 Å². The second-order valence-corrected chi connectivity index (χ2v) is 9.15. The van der Waals surface area contributed by atoms with Gasteiger partial charge < -0.3 is 10.1 Å². The van der Waals surface area contributed by atoms with Gasteiger partial charge in [-0.2, -0.15) is 0 Å². The molecule has 0 fully saturated rings. The van der Waals surface area contributed by atoms with Gasteiger partial charge in [-0.15, -0.1) is 0 Å². The lowest BCUT2D eigenvalue weighted by atomic mass is 10.1. The van der Waals surface area contributed by atoms with Crippen LogP contribution in [0.3, 0.4) is 0 Å². The maximum Gasteiger partial charge on any atom is 0.337 e. The summed E-state index contributed by atoms with van der Waals surface area (Å²) >= 11 is 0. The van der Waals surface area contributed by atoms with Crippen molar-refractivity contribution in [3.05, 3.63) is 89.5 Å². The van der Waals surface area contributed by atoms with Crippen LogP contribution in [-0.4, -0.2) is 33.9 Å². The van der Waals surface area contributed by atoms with E-state index in [4.69, 9.17) is 4.74 Å². The van der Waals surface area contributed by atoms with Gasteiger partial charge >= 0.3 is 5.97 Å². The fourth-order valence-corrected chi connectivity index (χ4v) is 4.73. The number of methoxy groups -OCH3 is 1. The van der Waals surface area contributed by atoms with Crippen LogP contribution in [0.5, 0.6) is 0 Å². The molecule has 0 aromatic heterocycles. The summed E-state index contributed by atoms with van der Waals surface area (Å²) in [5, 5.41) is 2.66. The highest BCUT2D eigenvalue weighted by molar-refractivity contribution is 7.92. The molecular weight excluding hydrogens is 428 g/mol. The lowest BCUT2D eigenvalue weighted by Gasteiger charge is -2.25. The Morgan fingerprint density at radius 3 is 2.19 bits per heavy atom. The number of esters is 1. The molecule has 8 heteroatoms. The molecule has 0 radical (unpaired) electrons. The Bertz CT molecular complexity index is 1220. The van der Waals surface area contributed by atoms with E-state index >= 15 is 0 Å². The van der Waals surface area contributed by atoms with E-state index in [0.29, 0.717) is 11.4 Å². The van der Waals surface area contributed by atoms with Crippen LogP contribution in [-0.2, 0) is 19.6 Å². The number of nitrogens with zero attached hydrogens (tertiary/aromatic N) is 1. The van der Waals surface area contributed by atoms with Crippen molar-refractivity contribution in [3.63, 3.8) is 0 Å². The van der Waals surface area contributed by atoms with E-state index in [-0.39, 0.29) is 10.5 Å². The zero-order valence-corrected chi connectivity index (χ0v) is 18.8. The SMILES string of the molecule is COC(=O)c1cccc(NC(=O)CN(c2cc(C)cc(C)c2)S(=O)(=O)c2ccccc2)c1. The molecule has 0 bridgehead atoms. The third-order valence-corrected chi connectivity index (χ3v) is 6.47. The number of carbonyl (C=O) groups is 2. The first-order chi connectivity index (χ1) is 15.2. The summed E-state index contributed by atoms with van der Waals surface area (Å²) in [7, 11) is -2.73. The lowest BCUT2D eigenvalue weighted by molar-refractivity contribution is -0.114. The zero-order chi connectivity index (χ0) is 23.3. The van der Waals surface area contributed by atoms with Crippen LogP contribution < -0.4 is 9.62 Å². The van der Waals surface area contributed by atoms with Crippen LogP contribution >= 0.6 is 0 Å². The van der Waals surface area contributed by atoms with E-state index in [1.54, 1.807) is 48.5 Å². The number of aryl methyl sites for hydroxylation is 2. The van der Waals surface area contributed by atoms with Crippen molar-refractivity contribution >= 4 is 33.3 Å². The topological polar surface area (TPSA) is 92.8 Å². The van der Waals surface area contributed by atoms with Gasteiger partial charge in [0.05, 0.1) is 23.3 Å². The van der Waals surface area contributed by atoms with Gasteiger partial charge in [0, 0.05) is 5.69 Å². The molecule has 0 saturated carbocycles. The molecule has 0 aliphatic rings. The highest BCUT2D eigenvalue weighted by Gasteiger charge is 2.27. The summed E-state index contributed by atoms with van der Waals surface area (Å²) in [6.45, 7) is 3.28. The number of ether oxygens (including phenoxy) is 1. The Hall–Kier alpha value is -3.65. The number of rotatable bonds is 7. The minimum Gasteiger partial charge on any atom is -0.465 e. The summed E-state index contributed by atoms with van der Waals surface area (Å²) in [6.07, 6.45) is 0. The Morgan fingerprint density at radius 2 is 1.56 bits per heavy atom. The summed E-state index contributed by atoms with van der Waals surface area (Å²) < 4.78 is 32.6. The van der Waals surface area contributed by atoms with Crippen molar-refractivity contribution in [2.45, 2.75) is 18.7 Å². The number of sulfonamides is 1. The highest BCUT2D eigenvalue weighted by Crippen LogP contribution is 2.26.